The van der Waals surface area contributed by atoms with E-state index in [-0.39, 0.29) is 57.9 Å². The highest BCUT2D eigenvalue weighted by atomic mass is 16.5. The van der Waals surface area contributed by atoms with Crippen LogP contribution in [0.3, 0.4) is 0 Å². The molecule has 0 aliphatic heterocycles. The van der Waals surface area contributed by atoms with Crippen LogP contribution in [0.5, 0.6) is 17.2 Å². The summed E-state index contributed by atoms with van der Waals surface area (Å²) in [5.74, 6) is -3.18. The zero-order chi connectivity index (χ0) is 33.2. The van der Waals surface area contributed by atoms with Gasteiger partial charge in [-0.1, -0.05) is 18.2 Å². The van der Waals surface area contributed by atoms with Gasteiger partial charge in [-0.3, -0.25) is 34.1 Å². The minimum absolute atomic E-state index is 0.0250. The Labute approximate surface area is 262 Å². The van der Waals surface area contributed by atoms with Crippen molar-refractivity contribution >= 4 is 47.4 Å². The minimum atomic E-state index is -0.649. The third kappa shape index (κ3) is 9.54. The first kappa shape index (κ1) is 32.5. The van der Waals surface area contributed by atoms with Gasteiger partial charge in [0.15, 0.2) is 0 Å². The Morgan fingerprint density at radius 3 is 1.46 bits per heavy atom. The highest BCUT2D eigenvalue weighted by Crippen LogP contribution is 2.19. The van der Waals surface area contributed by atoms with Crippen molar-refractivity contribution in [3.63, 3.8) is 0 Å². The van der Waals surface area contributed by atoms with E-state index < -0.39 is 35.6 Å². The average molecular weight is 626 g/mol. The molecule has 14 nitrogen and oxygen atoms in total. The molecule has 1 aromatic heterocycles. The van der Waals surface area contributed by atoms with Gasteiger partial charge < -0.3 is 24.8 Å². The predicted octanol–water partition coefficient (Wildman–Crippen LogP) is 3.69. The summed E-state index contributed by atoms with van der Waals surface area (Å²) < 4.78 is 15.1. The second-order valence-corrected chi connectivity index (χ2v) is 9.52. The number of ether oxygens (including phenoxy) is 3. The number of hydrogen-bond acceptors (Lipinski definition) is 11. The van der Waals surface area contributed by atoms with Gasteiger partial charge in [0.2, 0.25) is 5.95 Å². The van der Waals surface area contributed by atoms with Crippen molar-refractivity contribution in [1.82, 2.24) is 15.3 Å². The van der Waals surface area contributed by atoms with Crippen LogP contribution in [0.1, 0.15) is 57.5 Å². The number of nitrogens with one attached hydrogen (secondary N) is 3. The van der Waals surface area contributed by atoms with Crippen molar-refractivity contribution in [3.8, 4) is 17.2 Å². The number of anilines is 2. The summed E-state index contributed by atoms with van der Waals surface area (Å²) in [5, 5.41) is 7.82. The van der Waals surface area contributed by atoms with E-state index in [9.17, 15) is 28.8 Å². The minimum Gasteiger partial charge on any atom is -0.427 e. The largest absolute Gasteiger partial charge is 0.427 e. The van der Waals surface area contributed by atoms with E-state index in [1.54, 1.807) is 6.07 Å². The number of nitrogens with zero attached hydrogens (tertiary/aromatic N) is 2. The van der Waals surface area contributed by atoms with Crippen LogP contribution in [-0.2, 0) is 20.9 Å². The molecular weight excluding hydrogens is 598 g/mol. The number of rotatable bonds is 10. The van der Waals surface area contributed by atoms with Crippen molar-refractivity contribution in [1.29, 1.82) is 0 Å². The number of esters is 3. The van der Waals surface area contributed by atoms with E-state index in [0.29, 0.717) is 0 Å². The van der Waals surface area contributed by atoms with Gasteiger partial charge in [0, 0.05) is 43.5 Å². The lowest BCUT2D eigenvalue weighted by Gasteiger charge is -2.12. The number of amides is 3. The Kier molecular flexibility index (Phi) is 10.5. The molecule has 0 saturated heterocycles. The zero-order valence-electron chi connectivity index (χ0n) is 24.8. The molecule has 0 aliphatic carbocycles. The molecule has 4 rings (SSSR count). The second kappa shape index (κ2) is 14.8. The standard InChI is InChI=1S/C32H27N5O9/c1-18(38)44-25-10-4-7-21(13-25)29(41)33-17-24-16-28(35-30(42)22-8-5-11-26(14-22)45-19(2)39)36-32(34-24)37-31(43)23-9-6-12-27(15-23)46-20(3)40/h4-16H,17H2,1-3H3,(H,33,41)(H2,34,35,36,37,42,43). The van der Waals surface area contributed by atoms with Gasteiger partial charge in [0.25, 0.3) is 17.7 Å². The first-order valence-corrected chi connectivity index (χ1v) is 13.6. The quantitative estimate of drug-likeness (QED) is 0.172. The molecule has 0 atom stereocenters. The summed E-state index contributed by atoms with van der Waals surface area (Å²) in [7, 11) is 0. The molecule has 0 unspecified atom stereocenters. The lowest BCUT2D eigenvalue weighted by molar-refractivity contribution is -0.132. The number of hydrogen-bond donors (Lipinski definition) is 3. The van der Waals surface area contributed by atoms with Gasteiger partial charge in [-0.15, -0.1) is 0 Å². The smallest absolute Gasteiger partial charge is 0.308 e. The van der Waals surface area contributed by atoms with Gasteiger partial charge in [0.1, 0.15) is 23.1 Å². The molecule has 0 bridgehead atoms. The molecule has 4 aromatic rings. The van der Waals surface area contributed by atoms with Crippen LogP contribution in [0.2, 0.25) is 0 Å². The van der Waals surface area contributed by atoms with Gasteiger partial charge in [0.05, 0.1) is 12.2 Å². The first-order valence-electron chi connectivity index (χ1n) is 13.6. The molecule has 1 heterocycles. The van der Waals surface area contributed by atoms with Gasteiger partial charge in [-0.2, -0.15) is 4.98 Å². The Bertz CT molecular complexity index is 1750. The van der Waals surface area contributed by atoms with Crippen LogP contribution in [0, 0.1) is 0 Å². The fourth-order valence-corrected chi connectivity index (χ4v) is 3.94. The predicted molar refractivity (Wildman–Crippen MR) is 162 cm³/mol. The van der Waals surface area contributed by atoms with Crippen LogP contribution in [-0.4, -0.2) is 45.6 Å². The lowest BCUT2D eigenvalue weighted by atomic mass is 10.2. The topological polar surface area (TPSA) is 192 Å². The highest BCUT2D eigenvalue weighted by molar-refractivity contribution is 6.05. The summed E-state index contributed by atoms with van der Waals surface area (Å²) in [6.45, 7) is 3.54. The number of benzene rings is 3. The molecule has 14 heteroatoms. The van der Waals surface area contributed by atoms with E-state index in [2.05, 4.69) is 25.9 Å². The third-order valence-electron chi connectivity index (χ3n) is 5.75. The monoisotopic (exact) mass is 625 g/mol. The maximum atomic E-state index is 13.1. The maximum absolute atomic E-state index is 13.1. The molecule has 0 aliphatic rings. The molecule has 0 saturated carbocycles. The molecule has 0 spiro atoms. The molecule has 3 N–H and O–H groups in total. The van der Waals surface area contributed by atoms with E-state index in [1.165, 1.54) is 93.6 Å². The third-order valence-corrected chi connectivity index (χ3v) is 5.75. The van der Waals surface area contributed by atoms with Crippen molar-refractivity contribution in [2.24, 2.45) is 0 Å². The SMILES string of the molecule is CC(=O)Oc1cccc(C(=O)NCc2cc(NC(=O)c3cccc(OC(C)=O)c3)nc(NC(=O)c3cccc(OC(C)=O)c3)n2)c1. The molecule has 46 heavy (non-hydrogen) atoms. The second-order valence-electron chi connectivity index (χ2n) is 9.52. The molecule has 234 valence electrons. The Hall–Kier alpha value is -6.44. The fraction of sp³-hybridized carbons (Fsp3) is 0.125. The van der Waals surface area contributed by atoms with Gasteiger partial charge in [-0.05, 0) is 54.6 Å². The van der Waals surface area contributed by atoms with Gasteiger partial charge in [-0.25, -0.2) is 4.98 Å². The van der Waals surface area contributed by atoms with Crippen LogP contribution in [0.4, 0.5) is 11.8 Å². The summed E-state index contributed by atoms with van der Waals surface area (Å²) >= 11 is 0. The van der Waals surface area contributed by atoms with Crippen molar-refractivity contribution in [2.45, 2.75) is 27.3 Å². The Morgan fingerprint density at radius 1 is 0.565 bits per heavy atom. The van der Waals surface area contributed by atoms with E-state index in [4.69, 9.17) is 14.2 Å². The summed E-state index contributed by atoms with van der Waals surface area (Å²) in [4.78, 5) is 81.4. The summed E-state index contributed by atoms with van der Waals surface area (Å²) in [6, 6.07) is 19.1. The van der Waals surface area contributed by atoms with Crippen molar-refractivity contribution in [2.75, 3.05) is 10.6 Å². The van der Waals surface area contributed by atoms with E-state index >= 15 is 0 Å². The maximum Gasteiger partial charge on any atom is 0.308 e. The van der Waals surface area contributed by atoms with Crippen molar-refractivity contribution in [3.05, 3.63) is 101 Å². The molecule has 3 aromatic carbocycles. The van der Waals surface area contributed by atoms with Gasteiger partial charge >= 0.3 is 17.9 Å². The number of aromatic nitrogens is 2. The highest BCUT2D eigenvalue weighted by Gasteiger charge is 2.16. The Balaban J connectivity index is 1.58. The lowest BCUT2D eigenvalue weighted by Crippen LogP contribution is -2.24. The van der Waals surface area contributed by atoms with E-state index in [1.807, 2.05) is 0 Å². The molecule has 3 amide bonds. The average Bonchev–Trinajstić information content (AvgIpc) is 2.99. The summed E-state index contributed by atoms with van der Waals surface area (Å²) in [5.41, 5.74) is 0.678. The van der Waals surface area contributed by atoms with Crippen LogP contribution in [0.25, 0.3) is 0 Å². The fourth-order valence-electron chi connectivity index (χ4n) is 3.94. The first-order chi connectivity index (χ1) is 21.9. The van der Waals surface area contributed by atoms with Crippen molar-refractivity contribution < 1.29 is 43.0 Å². The summed E-state index contributed by atoms with van der Waals surface area (Å²) in [6.07, 6.45) is 0. The molecule has 0 radical (unpaired) electrons. The normalized spacial score (nSPS) is 10.2. The molecular formula is C32H27N5O9. The zero-order valence-corrected chi connectivity index (χ0v) is 24.8. The number of carbonyl (C=O) groups excluding carboxylic acids is 6. The van der Waals surface area contributed by atoms with Crippen LogP contribution in [0.15, 0.2) is 78.9 Å². The Morgan fingerprint density at radius 2 is 1.00 bits per heavy atom. The van der Waals surface area contributed by atoms with E-state index in [0.717, 1.165) is 0 Å². The number of carbonyl (C=O) groups is 6. The van der Waals surface area contributed by atoms with Crippen LogP contribution < -0.4 is 30.2 Å². The van der Waals surface area contributed by atoms with Crippen LogP contribution >= 0.6 is 0 Å². The molecule has 0 fully saturated rings.